The van der Waals surface area contributed by atoms with Crippen molar-refractivity contribution in [3.05, 3.63) is 29.8 Å². The van der Waals surface area contributed by atoms with Crippen molar-refractivity contribution in [3.63, 3.8) is 0 Å². The minimum Gasteiger partial charge on any atom is -0.497 e. The molecule has 0 bridgehead atoms. The first kappa shape index (κ1) is 18.9. The Bertz CT molecular complexity index is 541. The van der Waals surface area contributed by atoms with E-state index < -0.39 is 6.10 Å². The molecule has 1 saturated heterocycles. The summed E-state index contributed by atoms with van der Waals surface area (Å²) in [5.74, 6) is 0.811. The average Bonchev–Trinajstić information content (AvgIpc) is 2.57. The van der Waals surface area contributed by atoms with Gasteiger partial charge in [-0.25, -0.2) is 0 Å². The molecule has 7 heteroatoms. The predicted molar refractivity (Wildman–Crippen MR) is 96.2 cm³/mol. The molecule has 2 rings (SSSR count). The highest BCUT2D eigenvalue weighted by atomic mass is 32.1. The Morgan fingerprint density at radius 2 is 2.25 bits per heavy atom. The summed E-state index contributed by atoms with van der Waals surface area (Å²) in [6.07, 6.45) is -0.107. The minimum atomic E-state index is -0.512. The van der Waals surface area contributed by atoms with Gasteiger partial charge in [0.1, 0.15) is 5.75 Å². The molecule has 3 atom stereocenters. The molecule has 1 aliphatic heterocycles. The van der Waals surface area contributed by atoms with Crippen LogP contribution in [0.5, 0.6) is 5.75 Å². The maximum atomic E-state index is 10.3. The Labute approximate surface area is 148 Å². The van der Waals surface area contributed by atoms with Crippen LogP contribution in [0.4, 0.5) is 0 Å². The summed E-state index contributed by atoms with van der Waals surface area (Å²) < 4.78 is 16.7. The van der Waals surface area contributed by atoms with E-state index in [0.29, 0.717) is 31.4 Å². The SMILES string of the molecule is COc1cccc(COCC2CC(O)C(NC(=S)N(C)C)CO2)c1. The molecule has 24 heavy (non-hydrogen) atoms. The van der Waals surface area contributed by atoms with Gasteiger partial charge >= 0.3 is 0 Å². The highest BCUT2D eigenvalue weighted by Crippen LogP contribution is 2.17. The number of rotatable bonds is 6. The normalized spacial score (nSPS) is 23.6. The third-order valence-electron chi connectivity index (χ3n) is 3.90. The number of nitrogens with zero attached hydrogens (tertiary/aromatic N) is 1. The van der Waals surface area contributed by atoms with Crippen molar-refractivity contribution < 1.29 is 19.3 Å². The molecular formula is C17H26N2O4S. The number of aliphatic hydroxyl groups is 1. The first-order chi connectivity index (χ1) is 11.5. The molecular weight excluding hydrogens is 328 g/mol. The molecule has 1 heterocycles. The molecule has 1 aromatic rings. The number of thiocarbonyl (C=S) groups is 1. The maximum absolute atomic E-state index is 10.3. The molecule has 1 aromatic carbocycles. The van der Waals surface area contributed by atoms with E-state index in [2.05, 4.69) is 5.32 Å². The molecule has 0 radical (unpaired) electrons. The third kappa shape index (κ3) is 5.59. The lowest BCUT2D eigenvalue weighted by atomic mass is 10.0. The Morgan fingerprint density at radius 3 is 2.92 bits per heavy atom. The molecule has 3 unspecified atom stereocenters. The van der Waals surface area contributed by atoms with E-state index in [4.69, 9.17) is 26.4 Å². The Kier molecular flexibility index (Phi) is 7.23. The van der Waals surface area contributed by atoms with Gasteiger partial charge in [0.25, 0.3) is 0 Å². The molecule has 0 amide bonds. The van der Waals surface area contributed by atoms with E-state index in [1.54, 1.807) is 12.0 Å². The van der Waals surface area contributed by atoms with Gasteiger partial charge in [-0.1, -0.05) is 12.1 Å². The number of aliphatic hydroxyl groups excluding tert-OH is 1. The summed E-state index contributed by atoms with van der Waals surface area (Å²) in [5, 5.41) is 14.0. The fraction of sp³-hybridized carbons (Fsp3) is 0.588. The lowest BCUT2D eigenvalue weighted by Gasteiger charge is -2.35. The first-order valence-electron chi connectivity index (χ1n) is 7.97. The van der Waals surface area contributed by atoms with Crippen LogP contribution in [-0.2, 0) is 16.1 Å². The third-order valence-corrected chi connectivity index (χ3v) is 4.39. The molecule has 2 N–H and O–H groups in total. The fourth-order valence-electron chi connectivity index (χ4n) is 2.46. The smallest absolute Gasteiger partial charge is 0.168 e. The van der Waals surface area contributed by atoms with Crippen LogP contribution >= 0.6 is 12.2 Å². The van der Waals surface area contributed by atoms with Crippen LogP contribution in [0.15, 0.2) is 24.3 Å². The van der Waals surface area contributed by atoms with Crippen LogP contribution in [0.1, 0.15) is 12.0 Å². The number of hydrogen-bond donors (Lipinski definition) is 2. The Hall–Kier alpha value is -1.41. The zero-order valence-corrected chi connectivity index (χ0v) is 15.2. The van der Waals surface area contributed by atoms with Crippen LogP contribution in [0.3, 0.4) is 0 Å². The van der Waals surface area contributed by atoms with Gasteiger partial charge in [0.15, 0.2) is 5.11 Å². The minimum absolute atomic E-state index is 0.114. The summed E-state index contributed by atoms with van der Waals surface area (Å²) in [5.41, 5.74) is 1.04. The maximum Gasteiger partial charge on any atom is 0.168 e. The highest BCUT2D eigenvalue weighted by molar-refractivity contribution is 7.80. The lowest BCUT2D eigenvalue weighted by Crippen LogP contribution is -2.54. The van der Waals surface area contributed by atoms with Crippen molar-refractivity contribution in [1.29, 1.82) is 0 Å². The molecule has 1 aliphatic rings. The van der Waals surface area contributed by atoms with Gasteiger partial charge in [-0.05, 0) is 29.9 Å². The highest BCUT2D eigenvalue weighted by Gasteiger charge is 2.30. The van der Waals surface area contributed by atoms with E-state index in [0.717, 1.165) is 11.3 Å². The van der Waals surface area contributed by atoms with Crippen molar-refractivity contribution in [2.24, 2.45) is 0 Å². The summed E-state index contributed by atoms with van der Waals surface area (Å²) >= 11 is 5.20. The number of benzene rings is 1. The Balaban J connectivity index is 1.72. The average molecular weight is 354 g/mol. The molecule has 0 saturated carbocycles. The van der Waals surface area contributed by atoms with Crippen molar-refractivity contribution in [1.82, 2.24) is 10.2 Å². The molecule has 134 valence electrons. The molecule has 0 aliphatic carbocycles. The number of nitrogens with one attached hydrogen (secondary N) is 1. The summed E-state index contributed by atoms with van der Waals surface area (Å²) in [6.45, 7) is 1.33. The Morgan fingerprint density at radius 1 is 1.46 bits per heavy atom. The van der Waals surface area contributed by atoms with E-state index in [1.807, 2.05) is 38.4 Å². The summed E-state index contributed by atoms with van der Waals surface area (Å²) in [6, 6.07) is 7.58. The second kappa shape index (κ2) is 9.17. The molecule has 0 aromatic heterocycles. The standard InChI is InChI=1S/C17H26N2O4S/c1-19(2)17(24)18-15-11-23-14(8-16(15)20)10-22-9-12-5-4-6-13(7-12)21-3/h4-7,14-16,20H,8-11H2,1-3H3,(H,18,24). The fourth-order valence-corrected chi connectivity index (χ4v) is 2.62. The van der Waals surface area contributed by atoms with Crippen LogP contribution in [-0.4, -0.2) is 67.8 Å². The van der Waals surface area contributed by atoms with E-state index >= 15 is 0 Å². The number of ether oxygens (including phenoxy) is 3. The van der Waals surface area contributed by atoms with Gasteiger partial charge in [0.05, 0.1) is 45.2 Å². The van der Waals surface area contributed by atoms with Gasteiger partial charge in [-0.2, -0.15) is 0 Å². The topological polar surface area (TPSA) is 63.2 Å². The predicted octanol–water partition coefficient (Wildman–Crippen LogP) is 1.17. The molecule has 0 spiro atoms. The van der Waals surface area contributed by atoms with Crippen LogP contribution in [0, 0.1) is 0 Å². The van der Waals surface area contributed by atoms with Gasteiger partial charge in [0, 0.05) is 20.5 Å². The van der Waals surface area contributed by atoms with Crippen LogP contribution in [0.25, 0.3) is 0 Å². The van der Waals surface area contributed by atoms with Crippen molar-refractivity contribution in [2.75, 3.05) is 34.4 Å². The van der Waals surface area contributed by atoms with E-state index in [1.165, 1.54) is 0 Å². The zero-order chi connectivity index (χ0) is 17.5. The largest absolute Gasteiger partial charge is 0.497 e. The van der Waals surface area contributed by atoms with Crippen LogP contribution < -0.4 is 10.1 Å². The molecule has 1 fully saturated rings. The van der Waals surface area contributed by atoms with Gasteiger partial charge in [-0.3, -0.25) is 0 Å². The lowest BCUT2D eigenvalue weighted by molar-refractivity contribution is -0.0941. The summed E-state index contributed by atoms with van der Waals surface area (Å²) in [4.78, 5) is 1.80. The summed E-state index contributed by atoms with van der Waals surface area (Å²) in [7, 11) is 5.37. The van der Waals surface area contributed by atoms with Crippen molar-refractivity contribution in [3.8, 4) is 5.75 Å². The van der Waals surface area contributed by atoms with Gasteiger partial charge in [0.2, 0.25) is 0 Å². The van der Waals surface area contributed by atoms with E-state index in [-0.39, 0.29) is 12.1 Å². The molecule has 6 nitrogen and oxygen atoms in total. The first-order valence-corrected chi connectivity index (χ1v) is 8.38. The van der Waals surface area contributed by atoms with Crippen molar-refractivity contribution >= 4 is 17.3 Å². The van der Waals surface area contributed by atoms with Crippen molar-refractivity contribution in [2.45, 2.75) is 31.3 Å². The number of hydrogen-bond acceptors (Lipinski definition) is 5. The second-order valence-electron chi connectivity index (χ2n) is 6.08. The van der Waals surface area contributed by atoms with Gasteiger partial charge < -0.3 is 29.5 Å². The zero-order valence-electron chi connectivity index (χ0n) is 14.4. The quantitative estimate of drug-likeness (QED) is 0.744. The monoisotopic (exact) mass is 354 g/mol. The second-order valence-corrected chi connectivity index (χ2v) is 6.46. The number of methoxy groups -OCH3 is 1. The van der Waals surface area contributed by atoms with Gasteiger partial charge in [-0.15, -0.1) is 0 Å². The van der Waals surface area contributed by atoms with E-state index in [9.17, 15) is 5.11 Å². The van der Waals surface area contributed by atoms with Crippen LogP contribution in [0.2, 0.25) is 0 Å².